The van der Waals surface area contributed by atoms with Gasteiger partial charge < -0.3 is 4.74 Å². The molecule has 1 heterocycles. The molecule has 3 aromatic carbocycles. The van der Waals surface area contributed by atoms with Gasteiger partial charge in [-0.25, -0.2) is 12.8 Å². The Morgan fingerprint density at radius 1 is 1.00 bits per heavy atom. The SMILES string of the molecule is COc1cccc(S(=O)(=O)c2cnc3ccc(F)cc3c2-c2ccc(Cl)cc2)c1. The Kier molecular flexibility index (Phi) is 4.98. The second-order valence-corrected chi connectivity index (χ2v) is 8.70. The maximum Gasteiger partial charge on any atom is 0.208 e. The van der Waals surface area contributed by atoms with Gasteiger partial charge in [0.05, 0.1) is 22.4 Å². The first-order valence-corrected chi connectivity index (χ1v) is 10.5. The largest absolute Gasteiger partial charge is 0.497 e. The van der Waals surface area contributed by atoms with Gasteiger partial charge in [-0.05, 0) is 54.1 Å². The summed E-state index contributed by atoms with van der Waals surface area (Å²) in [5.41, 5.74) is 1.45. The van der Waals surface area contributed by atoms with E-state index in [9.17, 15) is 12.8 Å². The number of sulfone groups is 1. The molecule has 0 atom stereocenters. The van der Waals surface area contributed by atoms with E-state index in [1.807, 2.05) is 0 Å². The van der Waals surface area contributed by atoms with Crippen LogP contribution in [0.3, 0.4) is 0 Å². The van der Waals surface area contributed by atoms with Gasteiger partial charge in [0.15, 0.2) is 0 Å². The second-order valence-electron chi connectivity index (χ2n) is 6.35. The highest BCUT2D eigenvalue weighted by Gasteiger charge is 2.25. The third-order valence-corrected chi connectivity index (χ3v) is 6.58. The van der Waals surface area contributed by atoms with Gasteiger partial charge in [-0.2, -0.15) is 0 Å². The van der Waals surface area contributed by atoms with E-state index in [4.69, 9.17) is 16.3 Å². The van der Waals surface area contributed by atoms with Crippen molar-refractivity contribution < 1.29 is 17.5 Å². The molecule has 0 radical (unpaired) electrons. The molecule has 0 saturated carbocycles. The molecule has 0 unspecified atom stereocenters. The molecule has 0 aliphatic heterocycles. The number of hydrogen-bond donors (Lipinski definition) is 0. The van der Waals surface area contributed by atoms with Crippen LogP contribution >= 0.6 is 11.6 Å². The van der Waals surface area contributed by atoms with Crippen LogP contribution < -0.4 is 4.74 Å². The summed E-state index contributed by atoms with van der Waals surface area (Å²) < 4.78 is 46.1. The fraction of sp³-hybridized carbons (Fsp3) is 0.0455. The zero-order valence-corrected chi connectivity index (χ0v) is 16.8. The monoisotopic (exact) mass is 427 g/mol. The van der Waals surface area contributed by atoms with E-state index in [0.717, 1.165) is 0 Å². The number of methoxy groups -OCH3 is 1. The predicted octanol–water partition coefficient (Wildman–Crippen LogP) is 5.54. The lowest BCUT2D eigenvalue weighted by Crippen LogP contribution is -2.06. The Labute approximate surface area is 172 Å². The van der Waals surface area contributed by atoms with Gasteiger partial charge >= 0.3 is 0 Å². The van der Waals surface area contributed by atoms with Crippen LogP contribution in [0.1, 0.15) is 0 Å². The highest BCUT2D eigenvalue weighted by molar-refractivity contribution is 7.91. The maximum absolute atomic E-state index is 14.0. The fourth-order valence-electron chi connectivity index (χ4n) is 3.16. The van der Waals surface area contributed by atoms with Gasteiger partial charge in [-0.3, -0.25) is 4.98 Å². The Bertz CT molecular complexity index is 1320. The van der Waals surface area contributed by atoms with E-state index in [2.05, 4.69) is 4.98 Å². The van der Waals surface area contributed by atoms with Crippen LogP contribution in [0.4, 0.5) is 4.39 Å². The van der Waals surface area contributed by atoms with Crippen molar-refractivity contribution in [3.8, 4) is 16.9 Å². The Morgan fingerprint density at radius 2 is 1.76 bits per heavy atom. The van der Waals surface area contributed by atoms with Crippen molar-refractivity contribution in [1.82, 2.24) is 4.98 Å². The molecule has 0 fully saturated rings. The minimum absolute atomic E-state index is 0.0221. The van der Waals surface area contributed by atoms with E-state index in [0.29, 0.717) is 32.8 Å². The number of benzene rings is 3. The highest BCUT2D eigenvalue weighted by Crippen LogP contribution is 2.37. The molecule has 0 amide bonds. The van der Waals surface area contributed by atoms with Gasteiger partial charge in [0.2, 0.25) is 9.84 Å². The molecule has 4 rings (SSSR count). The molecule has 1 aromatic heterocycles. The average molecular weight is 428 g/mol. The maximum atomic E-state index is 14.0. The number of fused-ring (bicyclic) bond motifs is 1. The first kappa shape index (κ1) is 19.4. The topological polar surface area (TPSA) is 56.3 Å². The van der Waals surface area contributed by atoms with Gasteiger partial charge in [-0.1, -0.05) is 29.8 Å². The van der Waals surface area contributed by atoms with Crippen molar-refractivity contribution in [2.45, 2.75) is 9.79 Å². The summed E-state index contributed by atoms with van der Waals surface area (Å²) in [7, 11) is -2.50. The van der Waals surface area contributed by atoms with Crippen LogP contribution in [-0.4, -0.2) is 20.5 Å². The molecule has 0 aliphatic carbocycles. The molecule has 4 aromatic rings. The average Bonchev–Trinajstić information content (AvgIpc) is 2.73. The smallest absolute Gasteiger partial charge is 0.208 e. The second kappa shape index (κ2) is 7.46. The molecule has 29 heavy (non-hydrogen) atoms. The number of nitrogens with zero attached hydrogens (tertiary/aromatic N) is 1. The molecule has 0 spiro atoms. The molecule has 0 aliphatic rings. The van der Waals surface area contributed by atoms with Crippen molar-refractivity contribution in [3.63, 3.8) is 0 Å². The van der Waals surface area contributed by atoms with Crippen molar-refractivity contribution in [2.24, 2.45) is 0 Å². The molecule has 7 heteroatoms. The zero-order valence-electron chi connectivity index (χ0n) is 15.3. The van der Waals surface area contributed by atoms with Crippen molar-refractivity contribution >= 4 is 32.3 Å². The van der Waals surface area contributed by atoms with Crippen LogP contribution in [-0.2, 0) is 9.84 Å². The van der Waals surface area contributed by atoms with Gasteiger partial charge in [0.25, 0.3) is 0 Å². The van der Waals surface area contributed by atoms with Crippen LogP contribution in [0.2, 0.25) is 5.02 Å². The number of ether oxygens (including phenoxy) is 1. The molecular weight excluding hydrogens is 413 g/mol. The highest BCUT2D eigenvalue weighted by atomic mass is 35.5. The third kappa shape index (κ3) is 3.57. The van der Waals surface area contributed by atoms with Gasteiger partial charge in [0, 0.05) is 22.2 Å². The summed E-state index contributed by atoms with van der Waals surface area (Å²) in [5, 5.41) is 0.909. The summed E-state index contributed by atoms with van der Waals surface area (Å²) in [5.74, 6) is -0.0654. The first-order chi connectivity index (χ1) is 13.9. The molecule has 146 valence electrons. The predicted molar refractivity (Wildman–Crippen MR) is 111 cm³/mol. The van der Waals surface area contributed by atoms with Crippen LogP contribution in [0.25, 0.3) is 22.0 Å². The number of hydrogen-bond acceptors (Lipinski definition) is 4. The zero-order chi connectivity index (χ0) is 20.6. The van der Waals surface area contributed by atoms with Gasteiger partial charge in [-0.15, -0.1) is 0 Å². The van der Waals surface area contributed by atoms with E-state index in [-0.39, 0.29) is 9.79 Å². The van der Waals surface area contributed by atoms with Crippen molar-refractivity contribution in [3.05, 3.63) is 83.8 Å². The molecule has 0 saturated heterocycles. The Hall–Kier alpha value is -2.96. The first-order valence-electron chi connectivity index (χ1n) is 8.63. The summed E-state index contributed by atoms with van der Waals surface area (Å²) in [6, 6.07) is 17.0. The summed E-state index contributed by atoms with van der Waals surface area (Å²) in [6.45, 7) is 0. The Morgan fingerprint density at radius 3 is 2.48 bits per heavy atom. The lowest BCUT2D eigenvalue weighted by molar-refractivity contribution is 0.413. The third-order valence-electron chi connectivity index (χ3n) is 4.57. The summed E-state index contributed by atoms with van der Waals surface area (Å²) >= 11 is 6.00. The standard InChI is InChI=1S/C22H15ClFNO3S/c1-28-17-3-2-4-18(12-17)29(26,27)21-13-25-20-10-9-16(24)11-19(20)22(21)14-5-7-15(23)8-6-14/h2-13H,1H3. The number of halogens is 2. The van der Waals surface area contributed by atoms with E-state index < -0.39 is 15.7 Å². The Balaban J connectivity index is 2.06. The van der Waals surface area contributed by atoms with Crippen LogP contribution in [0.5, 0.6) is 5.75 Å². The number of rotatable bonds is 4. The van der Waals surface area contributed by atoms with E-state index in [1.165, 1.54) is 43.6 Å². The van der Waals surface area contributed by atoms with E-state index >= 15 is 0 Å². The lowest BCUT2D eigenvalue weighted by atomic mass is 10.0. The summed E-state index contributed by atoms with van der Waals surface area (Å²) in [6.07, 6.45) is 1.30. The normalized spacial score (nSPS) is 11.6. The van der Waals surface area contributed by atoms with Gasteiger partial charge in [0.1, 0.15) is 11.6 Å². The van der Waals surface area contributed by atoms with Crippen LogP contribution in [0, 0.1) is 5.82 Å². The molecule has 0 bridgehead atoms. The quantitative estimate of drug-likeness (QED) is 0.429. The van der Waals surface area contributed by atoms with Crippen molar-refractivity contribution in [2.75, 3.05) is 7.11 Å². The summed E-state index contributed by atoms with van der Waals surface area (Å²) in [4.78, 5) is 4.29. The number of aromatic nitrogens is 1. The van der Waals surface area contributed by atoms with E-state index in [1.54, 1.807) is 36.4 Å². The lowest BCUT2D eigenvalue weighted by Gasteiger charge is -2.14. The number of pyridine rings is 1. The molecular formula is C22H15ClFNO3S. The fourth-order valence-corrected chi connectivity index (χ4v) is 4.76. The minimum atomic E-state index is -3.96. The molecule has 0 N–H and O–H groups in total. The van der Waals surface area contributed by atoms with Crippen LogP contribution in [0.15, 0.2) is 82.7 Å². The minimum Gasteiger partial charge on any atom is -0.497 e. The molecule has 4 nitrogen and oxygen atoms in total. The van der Waals surface area contributed by atoms with Crippen molar-refractivity contribution in [1.29, 1.82) is 0 Å².